The molecule has 0 saturated heterocycles. The third-order valence-electron chi connectivity index (χ3n) is 1.07. The second kappa shape index (κ2) is 6.40. The van der Waals surface area contributed by atoms with Crippen LogP contribution in [0.4, 0.5) is 0 Å². The number of allylic oxidation sites excluding steroid dienone is 4. The van der Waals surface area contributed by atoms with E-state index >= 15 is 0 Å². The molecule has 0 heterocycles. The largest absolute Gasteiger partial charge is 0.205 e. The minimum Gasteiger partial charge on any atom is -0.205 e. The molecule has 0 fully saturated rings. The second-order valence-corrected chi connectivity index (χ2v) is 2.68. The van der Waals surface area contributed by atoms with Gasteiger partial charge in [-0.1, -0.05) is 24.6 Å². The molecule has 2 N–H and O–H groups in total. The molecule has 0 aromatic heterocycles. The zero-order valence-electron chi connectivity index (χ0n) is 7.23. The molecule has 0 unspecified atom stereocenters. The standard InChI is InChI=1S/C8H14ClNO/c1-4-5-8(9)6-7(2)10-11-3/h5-6,10H,4H2,1-3H3/p+1/b7-6-,8-5+. The first-order valence-corrected chi connectivity index (χ1v) is 3.98. The van der Waals surface area contributed by atoms with E-state index in [0.717, 1.165) is 17.2 Å². The highest BCUT2D eigenvalue weighted by molar-refractivity contribution is 6.31. The predicted molar refractivity (Wildman–Crippen MR) is 46.9 cm³/mol. The van der Waals surface area contributed by atoms with Crippen LogP contribution in [0.3, 0.4) is 0 Å². The molecule has 0 aromatic carbocycles. The van der Waals surface area contributed by atoms with E-state index in [1.165, 1.54) is 0 Å². The zero-order valence-corrected chi connectivity index (χ0v) is 7.98. The molecule has 0 bridgehead atoms. The van der Waals surface area contributed by atoms with E-state index in [9.17, 15) is 0 Å². The lowest BCUT2D eigenvalue weighted by Crippen LogP contribution is -2.79. The van der Waals surface area contributed by atoms with Gasteiger partial charge >= 0.3 is 0 Å². The first-order valence-electron chi connectivity index (χ1n) is 3.60. The summed E-state index contributed by atoms with van der Waals surface area (Å²) in [5.74, 6) is 0. The van der Waals surface area contributed by atoms with Crippen LogP contribution in [0.25, 0.3) is 0 Å². The van der Waals surface area contributed by atoms with Gasteiger partial charge in [0, 0.05) is 18.0 Å². The van der Waals surface area contributed by atoms with Gasteiger partial charge in [-0.2, -0.15) is 5.48 Å². The fourth-order valence-corrected chi connectivity index (χ4v) is 1.02. The number of hydrogen-bond acceptors (Lipinski definition) is 1. The van der Waals surface area contributed by atoms with Crippen molar-refractivity contribution < 1.29 is 10.3 Å². The van der Waals surface area contributed by atoms with Crippen molar-refractivity contribution >= 4 is 11.6 Å². The van der Waals surface area contributed by atoms with Crippen molar-refractivity contribution in [2.24, 2.45) is 0 Å². The van der Waals surface area contributed by atoms with Crippen molar-refractivity contribution in [1.82, 2.24) is 0 Å². The summed E-state index contributed by atoms with van der Waals surface area (Å²) >= 11 is 5.82. The van der Waals surface area contributed by atoms with Gasteiger partial charge in [0.05, 0.1) is 7.11 Å². The smallest absolute Gasteiger partial charge is 0.136 e. The molecular formula is C8H15ClNO+. The second-order valence-electron chi connectivity index (χ2n) is 2.24. The lowest BCUT2D eigenvalue weighted by Gasteiger charge is -1.94. The molecule has 0 spiro atoms. The fourth-order valence-electron chi connectivity index (χ4n) is 0.691. The molecule has 2 nitrogen and oxygen atoms in total. The van der Waals surface area contributed by atoms with Gasteiger partial charge in [-0.15, -0.1) is 0 Å². The van der Waals surface area contributed by atoms with E-state index in [1.54, 1.807) is 12.6 Å². The number of quaternary nitrogens is 1. The zero-order chi connectivity index (χ0) is 8.69. The van der Waals surface area contributed by atoms with Gasteiger partial charge in [-0.25, -0.2) is 4.84 Å². The van der Waals surface area contributed by atoms with Crippen LogP contribution >= 0.6 is 11.6 Å². The van der Waals surface area contributed by atoms with Gasteiger partial charge in [-0.3, -0.25) is 0 Å². The van der Waals surface area contributed by atoms with Crippen LogP contribution in [0.5, 0.6) is 0 Å². The Hall–Kier alpha value is -0.310. The van der Waals surface area contributed by atoms with Crippen LogP contribution in [-0.4, -0.2) is 7.11 Å². The molecule has 0 aliphatic rings. The van der Waals surface area contributed by atoms with E-state index in [2.05, 4.69) is 0 Å². The average Bonchev–Trinajstić information content (AvgIpc) is 1.87. The molecule has 11 heavy (non-hydrogen) atoms. The molecule has 0 amide bonds. The summed E-state index contributed by atoms with van der Waals surface area (Å²) in [6.45, 7) is 3.99. The first-order chi connectivity index (χ1) is 5.20. The molecule has 0 aliphatic carbocycles. The van der Waals surface area contributed by atoms with Crippen molar-refractivity contribution in [3.63, 3.8) is 0 Å². The van der Waals surface area contributed by atoms with Crippen LogP contribution in [0.15, 0.2) is 22.9 Å². The molecule has 0 radical (unpaired) electrons. The summed E-state index contributed by atoms with van der Waals surface area (Å²) in [4.78, 5) is 4.80. The Labute approximate surface area is 72.8 Å². The lowest BCUT2D eigenvalue weighted by atomic mass is 10.3. The van der Waals surface area contributed by atoms with Crippen molar-refractivity contribution in [2.75, 3.05) is 7.11 Å². The number of rotatable bonds is 4. The van der Waals surface area contributed by atoms with Gasteiger partial charge < -0.3 is 0 Å². The van der Waals surface area contributed by atoms with Gasteiger partial charge in [0.1, 0.15) is 5.70 Å². The van der Waals surface area contributed by atoms with Gasteiger partial charge in [0.25, 0.3) is 0 Å². The Kier molecular flexibility index (Phi) is 6.22. The maximum Gasteiger partial charge on any atom is 0.136 e. The highest BCUT2D eigenvalue weighted by atomic mass is 35.5. The van der Waals surface area contributed by atoms with Gasteiger partial charge in [0.15, 0.2) is 0 Å². The summed E-state index contributed by atoms with van der Waals surface area (Å²) in [5.41, 5.74) is 2.67. The van der Waals surface area contributed by atoms with Crippen molar-refractivity contribution in [3.8, 4) is 0 Å². The third-order valence-corrected chi connectivity index (χ3v) is 1.33. The van der Waals surface area contributed by atoms with Crippen LogP contribution in [0.1, 0.15) is 20.3 Å². The number of hydroxylamine groups is 1. The normalized spacial score (nSPS) is 13.8. The minimum absolute atomic E-state index is 0.762. The Morgan fingerprint density at radius 3 is 2.73 bits per heavy atom. The molecule has 0 atom stereocenters. The quantitative estimate of drug-likeness (QED) is 0.511. The Morgan fingerprint density at radius 2 is 2.27 bits per heavy atom. The summed E-state index contributed by atoms with van der Waals surface area (Å²) < 4.78 is 0. The molecular weight excluding hydrogens is 162 g/mol. The molecule has 0 rings (SSSR count). The van der Waals surface area contributed by atoms with Gasteiger partial charge in [-0.05, 0) is 6.42 Å². The lowest BCUT2D eigenvalue weighted by molar-refractivity contribution is -0.854. The van der Waals surface area contributed by atoms with Gasteiger partial charge in [0.2, 0.25) is 0 Å². The third kappa shape index (κ3) is 6.10. The summed E-state index contributed by atoms with van der Waals surface area (Å²) in [6, 6.07) is 0. The Bertz CT molecular complexity index is 163. The number of hydrogen-bond donors (Lipinski definition) is 1. The van der Waals surface area contributed by atoms with E-state index in [4.69, 9.17) is 16.4 Å². The molecule has 3 heteroatoms. The van der Waals surface area contributed by atoms with E-state index in [1.807, 2.05) is 26.0 Å². The highest BCUT2D eigenvalue weighted by Crippen LogP contribution is 2.04. The summed E-state index contributed by atoms with van der Waals surface area (Å²) in [7, 11) is 1.62. The van der Waals surface area contributed by atoms with E-state index in [-0.39, 0.29) is 0 Å². The SMILES string of the molecule is CC/C=C(Cl)\C=C(\C)[NH2+]OC. The van der Waals surface area contributed by atoms with Crippen LogP contribution in [-0.2, 0) is 4.84 Å². The van der Waals surface area contributed by atoms with Crippen molar-refractivity contribution in [3.05, 3.63) is 22.9 Å². The molecule has 0 aromatic rings. The molecule has 0 aliphatic heterocycles. The predicted octanol–water partition coefficient (Wildman–Crippen LogP) is 1.55. The first kappa shape index (κ1) is 10.7. The Morgan fingerprint density at radius 1 is 1.64 bits per heavy atom. The summed E-state index contributed by atoms with van der Waals surface area (Å²) in [5, 5.41) is 0.762. The maximum atomic E-state index is 5.82. The molecule has 64 valence electrons. The number of halogens is 1. The topological polar surface area (TPSA) is 25.8 Å². The highest BCUT2D eigenvalue weighted by Gasteiger charge is 1.92. The van der Waals surface area contributed by atoms with Crippen molar-refractivity contribution in [2.45, 2.75) is 20.3 Å². The average molecular weight is 177 g/mol. The maximum absolute atomic E-state index is 5.82. The minimum atomic E-state index is 0.762. The monoisotopic (exact) mass is 176 g/mol. The van der Waals surface area contributed by atoms with Crippen LogP contribution < -0.4 is 5.48 Å². The van der Waals surface area contributed by atoms with Crippen LogP contribution in [0, 0.1) is 0 Å². The number of nitrogens with two attached hydrogens (primary N) is 1. The van der Waals surface area contributed by atoms with E-state index < -0.39 is 0 Å². The fraction of sp³-hybridized carbons (Fsp3) is 0.500. The van der Waals surface area contributed by atoms with E-state index in [0.29, 0.717) is 0 Å². The molecule has 0 saturated carbocycles. The Balaban J connectivity index is 3.96. The van der Waals surface area contributed by atoms with Crippen molar-refractivity contribution in [1.29, 1.82) is 0 Å². The summed E-state index contributed by atoms with van der Waals surface area (Å²) in [6.07, 6.45) is 4.78. The van der Waals surface area contributed by atoms with Crippen LogP contribution in [0.2, 0.25) is 0 Å².